The minimum atomic E-state index is 0.166. The minimum absolute atomic E-state index is 0.166. The maximum absolute atomic E-state index is 12.3. The normalized spacial score (nSPS) is 27.3. The average molecular weight is 348 g/mol. The van der Waals surface area contributed by atoms with E-state index in [2.05, 4.69) is 15.0 Å². The number of rotatable bonds is 6. The SMILES string of the molecule is COCCCN1C[C@@]2(CCCN(c3noc(C4CC4)n3)C2)CCC1=O. The predicted octanol–water partition coefficient (Wildman–Crippen LogP) is 2.19. The van der Waals surface area contributed by atoms with Crippen LogP contribution in [0.15, 0.2) is 4.52 Å². The molecule has 2 saturated heterocycles. The number of likely N-dealkylation sites (tertiary alicyclic amines) is 1. The Hall–Kier alpha value is -1.63. The Kier molecular flexibility index (Phi) is 4.67. The highest BCUT2D eigenvalue weighted by Gasteiger charge is 2.42. The number of piperidine rings is 2. The van der Waals surface area contributed by atoms with Crippen molar-refractivity contribution >= 4 is 11.9 Å². The molecule has 3 heterocycles. The summed E-state index contributed by atoms with van der Waals surface area (Å²) >= 11 is 0. The summed E-state index contributed by atoms with van der Waals surface area (Å²) in [5, 5.41) is 4.22. The first-order valence-corrected chi connectivity index (χ1v) is 9.54. The monoisotopic (exact) mass is 348 g/mol. The van der Waals surface area contributed by atoms with Gasteiger partial charge in [0.25, 0.3) is 5.95 Å². The van der Waals surface area contributed by atoms with Gasteiger partial charge in [0.15, 0.2) is 0 Å². The fourth-order valence-electron chi connectivity index (χ4n) is 4.27. The first-order valence-electron chi connectivity index (χ1n) is 9.54. The molecule has 1 aromatic rings. The first kappa shape index (κ1) is 16.8. The third-order valence-corrected chi connectivity index (χ3v) is 5.83. The molecule has 7 heteroatoms. The van der Waals surface area contributed by atoms with Crippen LogP contribution in [0.3, 0.4) is 0 Å². The molecule has 4 rings (SSSR count). The highest BCUT2D eigenvalue weighted by molar-refractivity contribution is 5.77. The van der Waals surface area contributed by atoms with E-state index < -0.39 is 0 Å². The molecule has 3 aliphatic rings. The fourth-order valence-corrected chi connectivity index (χ4v) is 4.27. The molecular weight excluding hydrogens is 320 g/mol. The zero-order valence-electron chi connectivity index (χ0n) is 15.1. The van der Waals surface area contributed by atoms with Gasteiger partial charge >= 0.3 is 0 Å². The second-order valence-electron chi connectivity index (χ2n) is 7.89. The molecule has 1 atom stereocenters. The molecule has 1 aromatic heterocycles. The lowest BCUT2D eigenvalue weighted by molar-refractivity contribution is -0.138. The van der Waals surface area contributed by atoms with Crippen LogP contribution in [0, 0.1) is 5.41 Å². The van der Waals surface area contributed by atoms with Crippen LogP contribution in [0.2, 0.25) is 0 Å². The van der Waals surface area contributed by atoms with E-state index in [1.165, 1.54) is 19.3 Å². The van der Waals surface area contributed by atoms with Crippen molar-refractivity contribution in [2.75, 3.05) is 44.8 Å². The maximum atomic E-state index is 12.3. The molecule has 2 aliphatic heterocycles. The Morgan fingerprint density at radius 3 is 3.00 bits per heavy atom. The van der Waals surface area contributed by atoms with Crippen molar-refractivity contribution in [3.63, 3.8) is 0 Å². The molecule has 138 valence electrons. The van der Waals surface area contributed by atoms with Crippen molar-refractivity contribution in [2.45, 2.75) is 50.9 Å². The Morgan fingerprint density at radius 1 is 1.32 bits per heavy atom. The van der Waals surface area contributed by atoms with Gasteiger partial charge in [-0.15, -0.1) is 0 Å². The summed E-state index contributed by atoms with van der Waals surface area (Å²) < 4.78 is 10.6. The molecule has 0 aromatic carbocycles. The summed E-state index contributed by atoms with van der Waals surface area (Å²) in [7, 11) is 1.71. The van der Waals surface area contributed by atoms with E-state index >= 15 is 0 Å². The van der Waals surface area contributed by atoms with Crippen molar-refractivity contribution < 1.29 is 14.1 Å². The summed E-state index contributed by atoms with van der Waals surface area (Å²) in [6, 6.07) is 0. The third-order valence-electron chi connectivity index (χ3n) is 5.83. The maximum Gasteiger partial charge on any atom is 0.266 e. The van der Waals surface area contributed by atoms with E-state index in [0.717, 1.165) is 57.3 Å². The molecule has 25 heavy (non-hydrogen) atoms. The van der Waals surface area contributed by atoms with Gasteiger partial charge in [0.1, 0.15) is 0 Å². The molecule has 1 spiro atoms. The van der Waals surface area contributed by atoms with E-state index in [1.54, 1.807) is 7.11 Å². The van der Waals surface area contributed by atoms with Gasteiger partial charge in [-0.3, -0.25) is 4.79 Å². The lowest BCUT2D eigenvalue weighted by Crippen LogP contribution is -2.54. The van der Waals surface area contributed by atoms with E-state index in [4.69, 9.17) is 9.26 Å². The van der Waals surface area contributed by atoms with Crippen molar-refractivity contribution in [3.05, 3.63) is 5.89 Å². The molecule has 3 fully saturated rings. The number of methoxy groups -OCH3 is 1. The Balaban J connectivity index is 1.42. The topological polar surface area (TPSA) is 71.7 Å². The lowest BCUT2D eigenvalue weighted by atomic mass is 9.73. The summed E-state index contributed by atoms with van der Waals surface area (Å²) in [6.07, 6.45) is 7.15. The van der Waals surface area contributed by atoms with Gasteiger partial charge in [-0.1, -0.05) is 0 Å². The van der Waals surface area contributed by atoms with Gasteiger partial charge in [-0.2, -0.15) is 4.98 Å². The number of hydrogen-bond donors (Lipinski definition) is 0. The Labute approximate surface area is 148 Å². The largest absolute Gasteiger partial charge is 0.385 e. The molecule has 0 unspecified atom stereocenters. The van der Waals surface area contributed by atoms with Crippen LogP contribution < -0.4 is 4.90 Å². The van der Waals surface area contributed by atoms with Crippen LogP contribution in [-0.2, 0) is 9.53 Å². The van der Waals surface area contributed by atoms with Crippen molar-refractivity contribution in [1.82, 2.24) is 15.0 Å². The lowest BCUT2D eigenvalue weighted by Gasteiger charge is -2.48. The van der Waals surface area contributed by atoms with Gasteiger partial charge in [0.2, 0.25) is 11.8 Å². The van der Waals surface area contributed by atoms with Gasteiger partial charge in [-0.25, -0.2) is 0 Å². The van der Waals surface area contributed by atoms with Crippen LogP contribution in [0.25, 0.3) is 0 Å². The van der Waals surface area contributed by atoms with E-state index in [-0.39, 0.29) is 11.3 Å². The molecule has 1 aliphatic carbocycles. The zero-order valence-corrected chi connectivity index (χ0v) is 15.1. The number of carbonyl (C=O) groups is 1. The van der Waals surface area contributed by atoms with Crippen LogP contribution in [0.4, 0.5) is 5.95 Å². The van der Waals surface area contributed by atoms with Gasteiger partial charge in [-0.05, 0) is 43.7 Å². The summed E-state index contributed by atoms with van der Waals surface area (Å²) in [5.74, 6) is 2.32. The standard InChI is InChI=1S/C18H28N4O3/c1-24-11-3-10-21-12-18(8-6-15(21)23)7-2-9-22(13-18)17-19-16(25-20-17)14-4-5-14/h14H,2-13H2,1H3/t18-/m1/s1. The van der Waals surface area contributed by atoms with E-state index in [1.807, 2.05) is 4.90 Å². The molecule has 1 saturated carbocycles. The quantitative estimate of drug-likeness (QED) is 0.734. The number of hydrogen-bond acceptors (Lipinski definition) is 6. The fraction of sp³-hybridized carbons (Fsp3) is 0.833. The van der Waals surface area contributed by atoms with Gasteiger partial charge in [0, 0.05) is 57.6 Å². The van der Waals surface area contributed by atoms with Crippen LogP contribution in [0.1, 0.15) is 56.8 Å². The first-order chi connectivity index (χ1) is 12.2. The molecule has 7 nitrogen and oxygen atoms in total. The highest BCUT2D eigenvalue weighted by atomic mass is 16.5. The minimum Gasteiger partial charge on any atom is -0.385 e. The third kappa shape index (κ3) is 3.66. The van der Waals surface area contributed by atoms with Crippen molar-refractivity contribution in [3.8, 4) is 0 Å². The summed E-state index contributed by atoms with van der Waals surface area (Å²) in [6.45, 7) is 4.24. The van der Waals surface area contributed by atoms with Crippen molar-refractivity contribution in [1.29, 1.82) is 0 Å². The van der Waals surface area contributed by atoms with Gasteiger partial charge in [0.05, 0.1) is 0 Å². The predicted molar refractivity (Wildman–Crippen MR) is 92.5 cm³/mol. The molecule has 0 radical (unpaired) electrons. The number of anilines is 1. The van der Waals surface area contributed by atoms with E-state index in [9.17, 15) is 4.79 Å². The molecule has 0 bridgehead atoms. The number of carbonyl (C=O) groups excluding carboxylic acids is 1. The van der Waals surface area contributed by atoms with Crippen LogP contribution in [0.5, 0.6) is 0 Å². The van der Waals surface area contributed by atoms with E-state index in [0.29, 0.717) is 18.9 Å². The van der Waals surface area contributed by atoms with Crippen LogP contribution >= 0.6 is 0 Å². The molecule has 1 amide bonds. The van der Waals surface area contributed by atoms with Crippen molar-refractivity contribution in [2.24, 2.45) is 5.41 Å². The molecular formula is C18H28N4O3. The summed E-state index contributed by atoms with van der Waals surface area (Å²) in [5.41, 5.74) is 0.166. The second-order valence-corrected chi connectivity index (χ2v) is 7.89. The highest BCUT2D eigenvalue weighted by Crippen LogP contribution is 2.42. The zero-order chi connectivity index (χ0) is 17.3. The number of amides is 1. The molecule has 0 N–H and O–H groups in total. The Morgan fingerprint density at radius 2 is 2.20 bits per heavy atom. The average Bonchev–Trinajstić information content (AvgIpc) is 3.35. The van der Waals surface area contributed by atoms with Crippen LogP contribution in [-0.4, -0.2) is 60.8 Å². The van der Waals surface area contributed by atoms with Gasteiger partial charge < -0.3 is 19.1 Å². The second kappa shape index (κ2) is 6.94. The number of ether oxygens (including phenoxy) is 1. The number of aromatic nitrogens is 2. The Bertz CT molecular complexity index is 615. The number of nitrogens with zero attached hydrogens (tertiary/aromatic N) is 4. The summed E-state index contributed by atoms with van der Waals surface area (Å²) in [4.78, 5) is 21.2. The smallest absolute Gasteiger partial charge is 0.266 e.